The van der Waals surface area contributed by atoms with Crippen LogP contribution in [0.25, 0.3) is 10.2 Å². The van der Waals surface area contributed by atoms with Crippen LogP contribution >= 0.6 is 23.1 Å². The summed E-state index contributed by atoms with van der Waals surface area (Å²) >= 11 is 3.42. The van der Waals surface area contributed by atoms with Gasteiger partial charge in [0.2, 0.25) is 0 Å². The predicted molar refractivity (Wildman–Crippen MR) is 81.4 cm³/mol. The summed E-state index contributed by atoms with van der Waals surface area (Å²) in [5, 5.41) is 2.23. The Labute approximate surface area is 126 Å². The quantitative estimate of drug-likeness (QED) is 0.482. The molecule has 4 nitrogen and oxygen atoms in total. The number of thioether (sulfide) groups is 1. The highest BCUT2D eigenvalue weighted by atomic mass is 32.2. The topological polar surface area (TPSA) is 52.1 Å². The van der Waals surface area contributed by atoms with Gasteiger partial charge in [-0.2, -0.15) is 0 Å². The molecule has 106 valence electrons. The van der Waals surface area contributed by atoms with Crippen LogP contribution in [0.2, 0.25) is 0 Å². The number of aryl methyl sites for hydroxylation is 2. The van der Waals surface area contributed by atoms with E-state index in [-0.39, 0.29) is 5.97 Å². The molecular formula is C14H16N2O2S2. The summed E-state index contributed by atoms with van der Waals surface area (Å²) in [7, 11) is 0. The van der Waals surface area contributed by atoms with Crippen molar-refractivity contribution in [1.82, 2.24) is 9.97 Å². The Morgan fingerprint density at radius 3 is 3.20 bits per heavy atom. The lowest BCUT2D eigenvalue weighted by Gasteiger charge is -2.04. The van der Waals surface area contributed by atoms with Crippen molar-refractivity contribution in [3.63, 3.8) is 0 Å². The number of aromatic nitrogens is 2. The highest BCUT2D eigenvalue weighted by Crippen LogP contribution is 2.40. The zero-order valence-corrected chi connectivity index (χ0v) is 13.0. The Morgan fingerprint density at radius 1 is 1.45 bits per heavy atom. The van der Waals surface area contributed by atoms with Crippen LogP contribution in [0.4, 0.5) is 0 Å². The number of rotatable bonds is 5. The monoisotopic (exact) mass is 308 g/mol. The van der Waals surface area contributed by atoms with Crippen LogP contribution in [-0.2, 0) is 22.4 Å². The third-order valence-electron chi connectivity index (χ3n) is 3.32. The van der Waals surface area contributed by atoms with Gasteiger partial charge < -0.3 is 4.74 Å². The van der Waals surface area contributed by atoms with E-state index in [4.69, 9.17) is 4.74 Å². The molecule has 0 atom stereocenters. The molecule has 0 saturated carbocycles. The minimum absolute atomic E-state index is 0.138. The van der Waals surface area contributed by atoms with Crippen molar-refractivity contribution in [2.24, 2.45) is 0 Å². The van der Waals surface area contributed by atoms with E-state index in [2.05, 4.69) is 9.97 Å². The van der Waals surface area contributed by atoms with E-state index in [1.807, 2.05) is 6.92 Å². The second-order valence-electron chi connectivity index (χ2n) is 4.62. The molecule has 3 rings (SSSR count). The van der Waals surface area contributed by atoms with E-state index >= 15 is 0 Å². The number of carbonyl (C=O) groups excluding carboxylic acids is 1. The van der Waals surface area contributed by atoms with E-state index in [0.29, 0.717) is 18.8 Å². The van der Waals surface area contributed by atoms with Crippen molar-refractivity contribution >= 4 is 39.3 Å². The number of fused-ring (bicyclic) bond motifs is 3. The lowest BCUT2D eigenvalue weighted by molar-refractivity contribution is -0.142. The second-order valence-corrected chi connectivity index (χ2v) is 6.79. The molecule has 0 aliphatic heterocycles. The number of hydrogen-bond donors (Lipinski definition) is 0. The molecule has 20 heavy (non-hydrogen) atoms. The number of carbonyl (C=O) groups is 1. The summed E-state index contributed by atoms with van der Waals surface area (Å²) in [6.45, 7) is 2.27. The molecule has 0 bridgehead atoms. The zero-order valence-electron chi connectivity index (χ0n) is 11.3. The van der Waals surface area contributed by atoms with Crippen LogP contribution in [0.3, 0.4) is 0 Å². The van der Waals surface area contributed by atoms with Crippen molar-refractivity contribution in [2.45, 2.75) is 37.6 Å². The van der Waals surface area contributed by atoms with Crippen molar-refractivity contribution in [3.8, 4) is 0 Å². The SMILES string of the molecule is CCOC(=O)CCSc1ncnc2sc3c(c12)CCC3. The zero-order chi connectivity index (χ0) is 13.9. The van der Waals surface area contributed by atoms with E-state index < -0.39 is 0 Å². The smallest absolute Gasteiger partial charge is 0.306 e. The number of thiophene rings is 1. The molecule has 0 spiro atoms. The Balaban J connectivity index is 1.76. The van der Waals surface area contributed by atoms with E-state index in [1.54, 1.807) is 29.4 Å². The van der Waals surface area contributed by atoms with Crippen LogP contribution in [0.5, 0.6) is 0 Å². The van der Waals surface area contributed by atoms with Gasteiger partial charge in [0.25, 0.3) is 0 Å². The molecule has 6 heteroatoms. The van der Waals surface area contributed by atoms with Crippen molar-refractivity contribution in [3.05, 3.63) is 16.8 Å². The van der Waals surface area contributed by atoms with Crippen molar-refractivity contribution in [2.75, 3.05) is 12.4 Å². The van der Waals surface area contributed by atoms with Gasteiger partial charge in [-0.05, 0) is 31.7 Å². The maximum Gasteiger partial charge on any atom is 0.306 e. The van der Waals surface area contributed by atoms with Crippen LogP contribution in [0.1, 0.15) is 30.2 Å². The lowest BCUT2D eigenvalue weighted by Crippen LogP contribution is -2.04. The molecule has 0 saturated heterocycles. The van der Waals surface area contributed by atoms with Crippen LogP contribution in [-0.4, -0.2) is 28.3 Å². The first kappa shape index (κ1) is 13.8. The Kier molecular flexibility index (Phi) is 4.21. The Bertz CT molecular complexity index is 639. The summed E-state index contributed by atoms with van der Waals surface area (Å²) in [6, 6.07) is 0. The standard InChI is InChI=1S/C14H16N2O2S2/c1-2-18-11(17)6-7-19-13-12-9-4-3-5-10(9)20-14(12)16-8-15-13/h8H,2-7H2,1H3. The van der Waals surface area contributed by atoms with Gasteiger partial charge in [-0.25, -0.2) is 9.97 Å². The first-order valence-electron chi connectivity index (χ1n) is 6.83. The maximum absolute atomic E-state index is 11.4. The van der Waals surface area contributed by atoms with Gasteiger partial charge in [0.1, 0.15) is 16.2 Å². The summed E-state index contributed by atoms with van der Waals surface area (Å²) in [6.07, 6.45) is 5.59. The summed E-state index contributed by atoms with van der Waals surface area (Å²) < 4.78 is 4.94. The molecule has 1 aliphatic rings. The maximum atomic E-state index is 11.4. The number of hydrogen-bond acceptors (Lipinski definition) is 6. The molecule has 0 fully saturated rings. The molecule has 2 aromatic rings. The number of nitrogens with zero attached hydrogens (tertiary/aromatic N) is 2. The molecular weight excluding hydrogens is 292 g/mol. The third kappa shape index (κ3) is 2.67. The minimum Gasteiger partial charge on any atom is -0.466 e. The van der Waals surface area contributed by atoms with Gasteiger partial charge in [-0.3, -0.25) is 4.79 Å². The fourth-order valence-corrected chi connectivity index (χ4v) is 4.71. The first-order valence-corrected chi connectivity index (χ1v) is 8.63. The average molecular weight is 308 g/mol. The normalized spacial score (nSPS) is 13.7. The summed E-state index contributed by atoms with van der Waals surface area (Å²) in [5.74, 6) is 0.566. The first-order chi connectivity index (χ1) is 9.79. The summed E-state index contributed by atoms with van der Waals surface area (Å²) in [4.78, 5) is 22.7. The lowest BCUT2D eigenvalue weighted by atomic mass is 10.2. The fourth-order valence-electron chi connectivity index (χ4n) is 2.47. The fraction of sp³-hybridized carbons (Fsp3) is 0.500. The van der Waals surface area contributed by atoms with Gasteiger partial charge >= 0.3 is 5.97 Å². The highest BCUT2D eigenvalue weighted by molar-refractivity contribution is 7.99. The summed E-state index contributed by atoms with van der Waals surface area (Å²) in [5.41, 5.74) is 1.43. The van der Waals surface area contributed by atoms with E-state index in [1.165, 1.54) is 28.7 Å². The molecule has 2 heterocycles. The largest absolute Gasteiger partial charge is 0.466 e. The molecule has 0 amide bonds. The van der Waals surface area contributed by atoms with Crippen LogP contribution < -0.4 is 0 Å². The molecule has 0 radical (unpaired) electrons. The Hall–Kier alpha value is -1.14. The van der Waals surface area contributed by atoms with Gasteiger partial charge in [0.05, 0.1) is 13.0 Å². The van der Waals surface area contributed by atoms with Crippen molar-refractivity contribution < 1.29 is 9.53 Å². The molecule has 2 aromatic heterocycles. The van der Waals surface area contributed by atoms with Crippen molar-refractivity contribution in [1.29, 1.82) is 0 Å². The van der Waals surface area contributed by atoms with Gasteiger partial charge in [-0.1, -0.05) is 0 Å². The van der Waals surface area contributed by atoms with Crippen LogP contribution in [0.15, 0.2) is 11.4 Å². The van der Waals surface area contributed by atoms with Gasteiger partial charge in [0.15, 0.2) is 0 Å². The van der Waals surface area contributed by atoms with Gasteiger partial charge in [0, 0.05) is 16.0 Å². The number of ether oxygens (including phenoxy) is 1. The van der Waals surface area contributed by atoms with E-state index in [0.717, 1.165) is 16.3 Å². The Morgan fingerprint density at radius 2 is 2.35 bits per heavy atom. The number of esters is 1. The highest BCUT2D eigenvalue weighted by Gasteiger charge is 2.21. The average Bonchev–Trinajstić information content (AvgIpc) is 2.99. The second kappa shape index (κ2) is 6.10. The minimum atomic E-state index is -0.138. The molecule has 0 unspecified atom stereocenters. The van der Waals surface area contributed by atoms with E-state index in [9.17, 15) is 4.79 Å². The predicted octanol–water partition coefficient (Wildman–Crippen LogP) is 3.23. The third-order valence-corrected chi connectivity index (χ3v) is 5.51. The van der Waals surface area contributed by atoms with Crippen LogP contribution in [0, 0.1) is 0 Å². The molecule has 0 N–H and O–H groups in total. The molecule has 1 aliphatic carbocycles. The molecule has 0 aromatic carbocycles. The van der Waals surface area contributed by atoms with Gasteiger partial charge in [-0.15, -0.1) is 23.1 Å².